The van der Waals surface area contributed by atoms with Crippen LogP contribution in [0, 0.1) is 11.3 Å². The van der Waals surface area contributed by atoms with Gasteiger partial charge in [0.25, 0.3) is 5.56 Å². The number of aryl methyl sites for hydroxylation is 1. The Labute approximate surface area is 116 Å². The summed E-state index contributed by atoms with van der Waals surface area (Å²) in [6.07, 6.45) is 1.90. The molecule has 2 heterocycles. The average Bonchev–Trinajstić information content (AvgIpc) is 2.48. The van der Waals surface area contributed by atoms with E-state index in [0.717, 1.165) is 36.3 Å². The van der Waals surface area contributed by atoms with Crippen molar-refractivity contribution in [3.63, 3.8) is 0 Å². The summed E-state index contributed by atoms with van der Waals surface area (Å²) >= 11 is 0. The van der Waals surface area contributed by atoms with Gasteiger partial charge in [-0.15, -0.1) is 0 Å². The maximum absolute atomic E-state index is 12.1. The van der Waals surface area contributed by atoms with Crippen molar-refractivity contribution in [3.8, 4) is 6.07 Å². The van der Waals surface area contributed by atoms with Gasteiger partial charge in [0.2, 0.25) is 0 Å². The fraction of sp³-hybridized carbons (Fsp3) is 0.267. The number of anilines is 1. The van der Waals surface area contributed by atoms with Crippen molar-refractivity contribution in [1.82, 2.24) is 9.78 Å². The maximum atomic E-state index is 12.1. The lowest BCUT2D eigenvalue weighted by molar-refractivity contribution is 0.607. The van der Waals surface area contributed by atoms with E-state index in [1.54, 1.807) is 12.1 Å². The van der Waals surface area contributed by atoms with Gasteiger partial charge in [-0.25, -0.2) is 4.68 Å². The predicted molar refractivity (Wildman–Crippen MR) is 75.6 cm³/mol. The number of aromatic nitrogens is 2. The van der Waals surface area contributed by atoms with Gasteiger partial charge in [0.15, 0.2) is 0 Å². The first-order chi connectivity index (χ1) is 9.78. The van der Waals surface area contributed by atoms with Gasteiger partial charge in [-0.2, -0.15) is 10.4 Å². The Morgan fingerprint density at radius 2 is 2.25 bits per heavy atom. The van der Waals surface area contributed by atoms with Gasteiger partial charge in [0.1, 0.15) is 0 Å². The van der Waals surface area contributed by atoms with E-state index in [1.165, 1.54) is 4.68 Å². The minimum Gasteiger partial charge on any atom is -0.383 e. The summed E-state index contributed by atoms with van der Waals surface area (Å²) in [5, 5.41) is 16.7. The molecule has 0 radical (unpaired) electrons. The van der Waals surface area contributed by atoms with Crippen LogP contribution in [0.3, 0.4) is 0 Å². The molecule has 1 aliphatic heterocycles. The molecule has 0 bridgehead atoms. The molecule has 0 fully saturated rings. The van der Waals surface area contributed by atoms with Gasteiger partial charge in [0.05, 0.1) is 29.6 Å². The molecule has 0 atom stereocenters. The zero-order valence-corrected chi connectivity index (χ0v) is 11.0. The molecule has 20 heavy (non-hydrogen) atoms. The molecule has 0 unspecified atom stereocenters. The lowest BCUT2D eigenvalue weighted by Crippen LogP contribution is -2.27. The van der Waals surface area contributed by atoms with Gasteiger partial charge < -0.3 is 5.32 Å². The molecule has 3 rings (SSSR count). The second-order valence-electron chi connectivity index (χ2n) is 4.80. The van der Waals surface area contributed by atoms with E-state index < -0.39 is 0 Å². The van der Waals surface area contributed by atoms with E-state index in [0.29, 0.717) is 12.1 Å². The van der Waals surface area contributed by atoms with Gasteiger partial charge >= 0.3 is 0 Å². The SMILES string of the molecule is N#Cc1ccccc1Cn1nc2c(cc1=O)NCCC2. The fourth-order valence-corrected chi connectivity index (χ4v) is 2.39. The zero-order valence-electron chi connectivity index (χ0n) is 11.0. The quantitative estimate of drug-likeness (QED) is 0.894. The normalized spacial score (nSPS) is 13.2. The van der Waals surface area contributed by atoms with Crippen molar-refractivity contribution in [2.24, 2.45) is 0 Å². The van der Waals surface area contributed by atoms with Gasteiger partial charge in [0, 0.05) is 12.6 Å². The van der Waals surface area contributed by atoms with Crippen molar-refractivity contribution in [2.45, 2.75) is 19.4 Å². The minimum atomic E-state index is -0.147. The maximum Gasteiger partial charge on any atom is 0.269 e. The highest BCUT2D eigenvalue weighted by molar-refractivity contribution is 5.48. The first-order valence-electron chi connectivity index (χ1n) is 6.61. The van der Waals surface area contributed by atoms with Crippen LogP contribution in [0.2, 0.25) is 0 Å². The predicted octanol–water partition coefficient (Wildman–Crippen LogP) is 1.52. The topological polar surface area (TPSA) is 70.7 Å². The number of nitriles is 1. The van der Waals surface area contributed by atoms with E-state index in [4.69, 9.17) is 5.26 Å². The molecule has 1 aromatic heterocycles. The standard InChI is InChI=1S/C15H14N4O/c16-9-11-4-1-2-5-12(11)10-19-15(20)8-14-13(18-19)6-3-7-17-14/h1-2,4-5,8,17H,3,6-7,10H2. The number of rotatable bonds is 2. The van der Waals surface area contributed by atoms with Crippen molar-refractivity contribution >= 4 is 5.69 Å². The largest absolute Gasteiger partial charge is 0.383 e. The fourth-order valence-electron chi connectivity index (χ4n) is 2.39. The number of nitrogens with one attached hydrogen (secondary N) is 1. The third-order valence-electron chi connectivity index (χ3n) is 3.44. The number of fused-ring (bicyclic) bond motifs is 1. The summed E-state index contributed by atoms with van der Waals surface area (Å²) in [4.78, 5) is 12.1. The van der Waals surface area contributed by atoms with Gasteiger partial charge in [-0.3, -0.25) is 4.79 Å². The smallest absolute Gasteiger partial charge is 0.269 e. The summed E-state index contributed by atoms with van der Waals surface area (Å²) in [5.41, 5.74) is 3.01. The van der Waals surface area contributed by atoms with E-state index in [-0.39, 0.29) is 5.56 Å². The van der Waals surface area contributed by atoms with Gasteiger partial charge in [-0.1, -0.05) is 18.2 Å². The molecule has 5 heteroatoms. The molecule has 0 saturated carbocycles. The lowest BCUT2D eigenvalue weighted by atomic mass is 10.1. The zero-order chi connectivity index (χ0) is 13.9. The summed E-state index contributed by atoms with van der Waals surface area (Å²) in [5.74, 6) is 0. The highest BCUT2D eigenvalue weighted by Crippen LogP contribution is 2.17. The second-order valence-corrected chi connectivity index (χ2v) is 4.80. The molecule has 0 spiro atoms. The summed E-state index contributed by atoms with van der Waals surface area (Å²) < 4.78 is 1.43. The number of nitrogens with zero attached hydrogens (tertiary/aromatic N) is 3. The lowest BCUT2D eigenvalue weighted by Gasteiger charge is -2.17. The summed E-state index contributed by atoms with van der Waals surface area (Å²) in [7, 11) is 0. The molecule has 0 amide bonds. The van der Waals surface area contributed by atoms with Crippen LogP contribution in [-0.4, -0.2) is 16.3 Å². The number of hydrogen-bond acceptors (Lipinski definition) is 4. The second kappa shape index (κ2) is 5.17. The van der Waals surface area contributed by atoms with Crippen molar-refractivity contribution < 1.29 is 0 Å². The van der Waals surface area contributed by atoms with E-state index in [2.05, 4.69) is 16.5 Å². The number of hydrogen-bond donors (Lipinski definition) is 1. The Bertz CT molecular complexity index is 742. The molecule has 2 aromatic rings. The molecular formula is C15H14N4O. The Balaban J connectivity index is 1.99. The molecule has 0 saturated heterocycles. The molecule has 5 nitrogen and oxygen atoms in total. The number of benzene rings is 1. The van der Waals surface area contributed by atoms with Crippen LogP contribution in [0.25, 0.3) is 0 Å². The van der Waals surface area contributed by atoms with Crippen LogP contribution >= 0.6 is 0 Å². The van der Waals surface area contributed by atoms with Crippen LogP contribution in [-0.2, 0) is 13.0 Å². The van der Waals surface area contributed by atoms with Crippen LogP contribution in [0.1, 0.15) is 23.2 Å². The van der Waals surface area contributed by atoms with Crippen LogP contribution < -0.4 is 10.9 Å². The summed E-state index contributed by atoms with van der Waals surface area (Å²) in [6.45, 7) is 1.21. The highest BCUT2D eigenvalue weighted by atomic mass is 16.1. The van der Waals surface area contributed by atoms with Crippen LogP contribution in [0.5, 0.6) is 0 Å². The molecule has 1 aliphatic rings. The Kier molecular flexibility index (Phi) is 3.21. The van der Waals surface area contributed by atoms with Crippen LogP contribution in [0.4, 0.5) is 5.69 Å². The van der Waals surface area contributed by atoms with E-state index >= 15 is 0 Å². The van der Waals surface area contributed by atoms with Crippen LogP contribution in [0.15, 0.2) is 35.1 Å². The van der Waals surface area contributed by atoms with Gasteiger partial charge in [-0.05, 0) is 24.5 Å². The third-order valence-corrected chi connectivity index (χ3v) is 3.44. The van der Waals surface area contributed by atoms with Crippen molar-refractivity contribution in [2.75, 3.05) is 11.9 Å². The molecule has 0 aliphatic carbocycles. The van der Waals surface area contributed by atoms with Crippen molar-refractivity contribution in [1.29, 1.82) is 5.26 Å². The molecule has 100 valence electrons. The molecular weight excluding hydrogens is 252 g/mol. The van der Waals surface area contributed by atoms with Crippen molar-refractivity contribution in [3.05, 3.63) is 57.5 Å². The Morgan fingerprint density at radius 1 is 1.40 bits per heavy atom. The Hall–Kier alpha value is -2.61. The minimum absolute atomic E-state index is 0.147. The summed E-state index contributed by atoms with van der Waals surface area (Å²) in [6, 6.07) is 11.0. The molecule has 1 N–H and O–H groups in total. The van der Waals surface area contributed by atoms with E-state index in [9.17, 15) is 4.79 Å². The monoisotopic (exact) mass is 266 g/mol. The third kappa shape index (κ3) is 2.28. The Morgan fingerprint density at radius 3 is 3.10 bits per heavy atom. The first-order valence-corrected chi connectivity index (χ1v) is 6.61. The first kappa shape index (κ1) is 12.4. The molecule has 1 aromatic carbocycles. The average molecular weight is 266 g/mol. The highest BCUT2D eigenvalue weighted by Gasteiger charge is 2.13. The van der Waals surface area contributed by atoms with E-state index in [1.807, 2.05) is 18.2 Å².